The van der Waals surface area contributed by atoms with Crippen LogP contribution in [0.5, 0.6) is 0 Å². The van der Waals surface area contributed by atoms with Crippen molar-refractivity contribution in [2.45, 2.75) is 18.2 Å². The number of piperazine rings is 1. The maximum atomic E-state index is 12.4. The van der Waals surface area contributed by atoms with Crippen molar-refractivity contribution in [3.8, 4) is 0 Å². The molecule has 0 aliphatic carbocycles. The highest BCUT2D eigenvalue weighted by atomic mass is 32.2. The highest BCUT2D eigenvalue weighted by Crippen LogP contribution is 2.21. The molecule has 0 atom stereocenters. The summed E-state index contributed by atoms with van der Waals surface area (Å²) in [7, 11) is 0. The van der Waals surface area contributed by atoms with Crippen LogP contribution < -0.4 is 10.2 Å². The molecule has 0 spiro atoms. The van der Waals surface area contributed by atoms with Gasteiger partial charge in [-0.2, -0.15) is 0 Å². The van der Waals surface area contributed by atoms with Gasteiger partial charge in [0, 0.05) is 43.0 Å². The quantitative estimate of drug-likeness (QED) is 0.825. The van der Waals surface area contributed by atoms with Crippen LogP contribution in [0.3, 0.4) is 0 Å². The number of pyridine rings is 1. The molecule has 0 unspecified atom stereocenters. The van der Waals surface area contributed by atoms with E-state index in [1.165, 1.54) is 4.90 Å². The number of aromatic nitrogens is 1. The fourth-order valence-corrected chi connectivity index (χ4v) is 3.50. The number of hydrogen-bond donors (Lipinski definition) is 1. The van der Waals surface area contributed by atoms with E-state index in [0.29, 0.717) is 13.1 Å². The summed E-state index contributed by atoms with van der Waals surface area (Å²) < 4.78 is 0. The number of anilines is 2. The summed E-state index contributed by atoms with van der Waals surface area (Å²) >= 11 is 1.84. The number of nitrogens with one attached hydrogen (secondary N) is 1. The molecule has 1 saturated heterocycles. The maximum Gasteiger partial charge on any atom is 0.321 e. The molecule has 132 valence electrons. The summed E-state index contributed by atoms with van der Waals surface area (Å²) in [4.78, 5) is 22.1. The molecule has 0 radical (unpaired) electrons. The van der Waals surface area contributed by atoms with Gasteiger partial charge in [0.15, 0.2) is 0 Å². The molecule has 1 N–H and O–H groups in total. The summed E-state index contributed by atoms with van der Waals surface area (Å²) in [6.07, 6.45) is 2.96. The van der Waals surface area contributed by atoms with Gasteiger partial charge in [-0.3, -0.25) is 0 Å². The van der Waals surface area contributed by atoms with E-state index in [1.54, 1.807) is 6.20 Å². The first-order valence-corrected chi connectivity index (χ1v) is 9.69. The van der Waals surface area contributed by atoms with E-state index >= 15 is 0 Å². The van der Waals surface area contributed by atoms with Crippen molar-refractivity contribution in [2.24, 2.45) is 0 Å². The van der Waals surface area contributed by atoms with Gasteiger partial charge in [-0.15, -0.1) is 11.8 Å². The molecule has 1 aromatic heterocycles. The Morgan fingerprint density at radius 2 is 1.88 bits per heavy atom. The van der Waals surface area contributed by atoms with Crippen LogP contribution in [0, 0.1) is 0 Å². The molecule has 25 heavy (non-hydrogen) atoms. The van der Waals surface area contributed by atoms with Gasteiger partial charge in [0.1, 0.15) is 5.82 Å². The monoisotopic (exact) mass is 356 g/mol. The fourth-order valence-electron chi connectivity index (χ4n) is 2.74. The molecule has 1 fully saturated rings. The highest BCUT2D eigenvalue weighted by Gasteiger charge is 2.21. The Bertz CT molecular complexity index is 670. The molecule has 2 aromatic rings. The lowest BCUT2D eigenvalue weighted by molar-refractivity contribution is 0.208. The predicted octanol–water partition coefficient (Wildman–Crippen LogP) is 3.94. The van der Waals surface area contributed by atoms with Crippen molar-refractivity contribution in [1.29, 1.82) is 0 Å². The summed E-state index contributed by atoms with van der Waals surface area (Å²) in [6.45, 7) is 5.18. The highest BCUT2D eigenvalue weighted by molar-refractivity contribution is 7.99. The van der Waals surface area contributed by atoms with E-state index in [9.17, 15) is 4.79 Å². The zero-order valence-corrected chi connectivity index (χ0v) is 15.3. The van der Waals surface area contributed by atoms with Gasteiger partial charge in [-0.05, 0) is 48.6 Å². The van der Waals surface area contributed by atoms with Gasteiger partial charge < -0.3 is 15.1 Å². The van der Waals surface area contributed by atoms with Crippen LogP contribution >= 0.6 is 11.8 Å². The maximum absolute atomic E-state index is 12.4. The Kier molecular flexibility index (Phi) is 6.17. The second-order valence-electron chi connectivity index (χ2n) is 5.97. The zero-order chi connectivity index (χ0) is 17.5. The molecule has 6 heteroatoms. The topological polar surface area (TPSA) is 48.5 Å². The SMILES string of the molecule is CCCSc1ccc(NC(=O)N2CCN(c3ccccn3)CC2)cc1. The average Bonchev–Trinajstić information content (AvgIpc) is 2.68. The smallest absolute Gasteiger partial charge is 0.321 e. The minimum Gasteiger partial charge on any atom is -0.353 e. The van der Waals surface area contributed by atoms with Crippen LogP contribution in [-0.2, 0) is 0 Å². The van der Waals surface area contributed by atoms with Crippen molar-refractivity contribution >= 4 is 29.3 Å². The third-order valence-corrected chi connectivity index (χ3v) is 5.34. The van der Waals surface area contributed by atoms with Gasteiger partial charge in [-0.1, -0.05) is 13.0 Å². The lowest BCUT2D eigenvalue weighted by atomic mass is 10.3. The third kappa shape index (κ3) is 4.89. The van der Waals surface area contributed by atoms with Crippen LogP contribution in [0.25, 0.3) is 0 Å². The fraction of sp³-hybridized carbons (Fsp3) is 0.368. The van der Waals surface area contributed by atoms with Gasteiger partial charge in [0.25, 0.3) is 0 Å². The molecule has 3 rings (SSSR count). The van der Waals surface area contributed by atoms with Gasteiger partial charge in [0.2, 0.25) is 0 Å². The average molecular weight is 356 g/mol. The molecule has 2 amide bonds. The summed E-state index contributed by atoms with van der Waals surface area (Å²) in [5.74, 6) is 2.09. The Balaban J connectivity index is 1.49. The molecule has 0 saturated carbocycles. The van der Waals surface area contributed by atoms with Crippen molar-refractivity contribution < 1.29 is 4.79 Å². The van der Waals surface area contributed by atoms with Gasteiger partial charge in [-0.25, -0.2) is 9.78 Å². The Hall–Kier alpha value is -2.21. The van der Waals surface area contributed by atoms with Crippen LogP contribution in [0.15, 0.2) is 53.6 Å². The number of hydrogen-bond acceptors (Lipinski definition) is 4. The van der Waals surface area contributed by atoms with E-state index in [2.05, 4.69) is 34.3 Å². The molecule has 2 heterocycles. The van der Waals surface area contributed by atoms with Crippen LogP contribution in [0.2, 0.25) is 0 Å². The van der Waals surface area contributed by atoms with Crippen molar-refractivity contribution in [1.82, 2.24) is 9.88 Å². The van der Waals surface area contributed by atoms with E-state index in [4.69, 9.17) is 0 Å². The minimum atomic E-state index is -0.0327. The Morgan fingerprint density at radius 3 is 2.52 bits per heavy atom. The Labute approximate surface area is 153 Å². The van der Waals surface area contributed by atoms with Crippen LogP contribution in [0.4, 0.5) is 16.3 Å². The van der Waals surface area contributed by atoms with Gasteiger partial charge in [0.05, 0.1) is 0 Å². The van der Waals surface area contributed by atoms with Crippen molar-refractivity contribution in [2.75, 3.05) is 42.1 Å². The second-order valence-corrected chi connectivity index (χ2v) is 7.13. The number of amides is 2. The Morgan fingerprint density at radius 1 is 1.12 bits per heavy atom. The van der Waals surface area contributed by atoms with E-state index in [1.807, 2.05) is 47.0 Å². The lowest BCUT2D eigenvalue weighted by Gasteiger charge is -2.35. The first-order chi connectivity index (χ1) is 12.3. The molecule has 1 aliphatic rings. The zero-order valence-electron chi connectivity index (χ0n) is 14.5. The standard InChI is InChI=1S/C19H24N4OS/c1-2-15-25-17-8-6-16(7-9-17)21-19(24)23-13-11-22(12-14-23)18-5-3-4-10-20-18/h3-10H,2,11-15H2,1H3,(H,21,24). The number of thioether (sulfide) groups is 1. The van der Waals surface area contributed by atoms with Crippen molar-refractivity contribution in [3.63, 3.8) is 0 Å². The molecule has 0 bridgehead atoms. The molecule has 1 aliphatic heterocycles. The number of rotatable bonds is 5. The van der Waals surface area contributed by atoms with Crippen LogP contribution in [-0.4, -0.2) is 47.8 Å². The molecular formula is C19H24N4OS. The summed E-state index contributed by atoms with van der Waals surface area (Å²) in [5, 5.41) is 2.99. The summed E-state index contributed by atoms with van der Waals surface area (Å²) in [6, 6.07) is 14.0. The first-order valence-electron chi connectivity index (χ1n) is 8.71. The predicted molar refractivity (Wildman–Crippen MR) is 104 cm³/mol. The molecule has 5 nitrogen and oxygen atoms in total. The van der Waals surface area contributed by atoms with E-state index in [-0.39, 0.29) is 6.03 Å². The van der Waals surface area contributed by atoms with E-state index in [0.717, 1.165) is 36.8 Å². The first kappa shape index (κ1) is 17.6. The number of carbonyl (C=O) groups excluding carboxylic acids is 1. The molecule has 1 aromatic carbocycles. The second kappa shape index (κ2) is 8.76. The largest absolute Gasteiger partial charge is 0.353 e. The lowest BCUT2D eigenvalue weighted by Crippen LogP contribution is -2.50. The molecular weight excluding hydrogens is 332 g/mol. The minimum absolute atomic E-state index is 0.0327. The number of carbonyl (C=O) groups is 1. The number of nitrogens with zero attached hydrogens (tertiary/aromatic N) is 3. The van der Waals surface area contributed by atoms with Gasteiger partial charge >= 0.3 is 6.03 Å². The van der Waals surface area contributed by atoms with Crippen molar-refractivity contribution in [3.05, 3.63) is 48.7 Å². The number of urea groups is 1. The summed E-state index contributed by atoms with van der Waals surface area (Å²) in [5.41, 5.74) is 0.845. The normalized spacial score (nSPS) is 14.4. The van der Waals surface area contributed by atoms with Crippen LogP contribution in [0.1, 0.15) is 13.3 Å². The third-order valence-electron chi connectivity index (χ3n) is 4.12. The van der Waals surface area contributed by atoms with E-state index < -0.39 is 0 Å². The number of benzene rings is 1.